The van der Waals surface area contributed by atoms with Crippen molar-refractivity contribution in [1.29, 1.82) is 0 Å². The van der Waals surface area contributed by atoms with Gasteiger partial charge in [-0.1, -0.05) is 12.8 Å². The Kier molecular flexibility index (Phi) is 6.97. The summed E-state index contributed by atoms with van der Waals surface area (Å²) < 4.78 is 5.47. The van der Waals surface area contributed by atoms with Gasteiger partial charge in [0.15, 0.2) is 0 Å². The first-order valence-corrected chi connectivity index (χ1v) is 9.07. The molecule has 2 aliphatic rings. The largest absolute Gasteiger partial charge is 0.381 e. The van der Waals surface area contributed by atoms with Gasteiger partial charge in [-0.3, -0.25) is 4.90 Å². The van der Waals surface area contributed by atoms with Crippen LogP contribution in [0.1, 0.15) is 58.8 Å². The lowest BCUT2D eigenvalue weighted by molar-refractivity contribution is 0.0475. The third kappa shape index (κ3) is 5.22. The molecule has 21 heavy (non-hydrogen) atoms. The normalized spacial score (nSPS) is 36.0. The molecule has 0 aromatic heterocycles. The topological polar surface area (TPSA) is 15.7 Å². The number of piperazine rings is 1. The van der Waals surface area contributed by atoms with E-state index in [-0.39, 0.29) is 0 Å². The molecule has 1 saturated carbocycles. The minimum Gasteiger partial charge on any atom is -0.381 e. The molecule has 0 unspecified atom stereocenters. The second-order valence-electron chi connectivity index (χ2n) is 7.53. The van der Waals surface area contributed by atoms with Gasteiger partial charge in [-0.05, 0) is 65.5 Å². The van der Waals surface area contributed by atoms with Crippen LogP contribution in [0.25, 0.3) is 0 Å². The van der Waals surface area contributed by atoms with E-state index in [1.807, 2.05) is 7.11 Å². The van der Waals surface area contributed by atoms with Crippen LogP contribution < -0.4 is 0 Å². The first kappa shape index (κ1) is 17.2. The molecule has 2 rings (SSSR count). The molecule has 0 spiro atoms. The zero-order chi connectivity index (χ0) is 15.2. The van der Waals surface area contributed by atoms with E-state index in [1.54, 1.807) is 0 Å². The molecule has 2 fully saturated rings. The molecule has 0 aromatic carbocycles. The molecule has 1 aliphatic carbocycles. The second-order valence-corrected chi connectivity index (χ2v) is 7.53. The number of methoxy groups -OCH3 is 1. The molecule has 0 N–H and O–H groups in total. The zero-order valence-corrected chi connectivity index (χ0v) is 14.7. The first-order chi connectivity index (χ1) is 10.1. The Labute approximate surface area is 132 Å². The number of unbranched alkanes of at least 4 members (excludes halogenated alkanes) is 1. The molecule has 1 aliphatic heterocycles. The summed E-state index contributed by atoms with van der Waals surface area (Å²) in [6, 6.07) is 1.44. The minimum atomic E-state index is 0.549. The maximum absolute atomic E-state index is 5.47. The summed E-state index contributed by atoms with van der Waals surface area (Å²) in [4.78, 5) is 5.20. The lowest BCUT2D eigenvalue weighted by Crippen LogP contribution is -2.55. The summed E-state index contributed by atoms with van der Waals surface area (Å²) >= 11 is 0. The molecule has 0 radical (unpaired) electrons. The maximum atomic E-state index is 5.47. The van der Waals surface area contributed by atoms with E-state index in [1.165, 1.54) is 64.6 Å². The van der Waals surface area contributed by atoms with Crippen molar-refractivity contribution in [3.8, 4) is 0 Å². The van der Waals surface area contributed by atoms with E-state index >= 15 is 0 Å². The third-order valence-corrected chi connectivity index (χ3v) is 5.69. The zero-order valence-electron chi connectivity index (χ0n) is 14.7. The fraction of sp³-hybridized carbons (Fsp3) is 1.00. The molecular formula is C18H36N2O. The maximum Gasteiger partial charge on any atom is 0.0571 e. The van der Waals surface area contributed by atoms with Crippen molar-refractivity contribution in [2.45, 2.75) is 77.0 Å². The number of ether oxygens (including phenoxy) is 1. The van der Waals surface area contributed by atoms with Crippen molar-refractivity contribution in [2.75, 3.05) is 33.8 Å². The Hall–Kier alpha value is -0.120. The van der Waals surface area contributed by atoms with Gasteiger partial charge in [-0.25, -0.2) is 0 Å². The fourth-order valence-corrected chi connectivity index (χ4v) is 4.45. The SMILES string of the molecule is COC1CCC(CCCCN2[C@H](C)CN(C)C[C@@H]2C)CC1. The van der Waals surface area contributed by atoms with Crippen molar-refractivity contribution in [3.63, 3.8) is 0 Å². The number of hydrogen-bond donors (Lipinski definition) is 0. The van der Waals surface area contributed by atoms with E-state index < -0.39 is 0 Å². The monoisotopic (exact) mass is 296 g/mol. The van der Waals surface area contributed by atoms with Crippen molar-refractivity contribution in [3.05, 3.63) is 0 Å². The lowest BCUT2D eigenvalue weighted by atomic mass is 9.84. The van der Waals surface area contributed by atoms with E-state index in [0.29, 0.717) is 6.10 Å². The van der Waals surface area contributed by atoms with Gasteiger partial charge >= 0.3 is 0 Å². The van der Waals surface area contributed by atoms with E-state index in [0.717, 1.165) is 18.0 Å². The molecule has 3 nitrogen and oxygen atoms in total. The number of hydrogen-bond acceptors (Lipinski definition) is 3. The van der Waals surface area contributed by atoms with Gasteiger partial charge in [0.2, 0.25) is 0 Å². The fourth-order valence-electron chi connectivity index (χ4n) is 4.45. The second kappa shape index (κ2) is 8.50. The highest BCUT2D eigenvalue weighted by Gasteiger charge is 2.27. The Morgan fingerprint density at radius 3 is 2.14 bits per heavy atom. The molecule has 124 valence electrons. The van der Waals surface area contributed by atoms with E-state index in [2.05, 4.69) is 30.7 Å². The average molecular weight is 296 g/mol. The standard InChI is InChI=1S/C18H36N2O/c1-15-13-19(3)14-16(2)20(15)12-6-5-7-17-8-10-18(21-4)11-9-17/h15-18H,5-14H2,1-4H3/t15-,16+,17?,18?. The molecule has 0 aromatic rings. The molecule has 1 saturated heterocycles. The van der Waals surface area contributed by atoms with Crippen molar-refractivity contribution < 1.29 is 4.74 Å². The van der Waals surface area contributed by atoms with Crippen LogP contribution in [0.3, 0.4) is 0 Å². The van der Waals surface area contributed by atoms with Crippen molar-refractivity contribution in [2.24, 2.45) is 5.92 Å². The van der Waals surface area contributed by atoms with Gasteiger partial charge in [0.1, 0.15) is 0 Å². The van der Waals surface area contributed by atoms with Crippen LogP contribution in [0.4, 0.5) is 0 Å². The van der Waals surface area contributed by atoms with Gasteiger partial charge in [0.25, 0.3) is 0 Å². The van der Waals surface area contributed by atoms with Crippen LogP contribution in [-0.4, -0.2) is 61.8 Å². The highest BCUT2D eigenvalue weighted by Crippen LogP contribution is 2.29. The smallest absolute Gasteiger partial charge is 0.0571 e. The highest BCUT2D eigenvalue weighted by molar-refractivity contribution is 4.83. The van der Waals surface area contributed by atoms with Crippen LogP contribution in [0, 0.1) is 5.92 Å². The quantitative estimate of drug-likeness (QED) is 0.699. The number of nitrogens with zero attached hydrogens (tertiary/aromatic N) is 2. The van der Waals surface area contributed by atoms with Crippen LogP contribution in [0.2, 0.25) is 0 Å². The Morgan fingerprint density at radius 2 is 1.57 bits per heavy atom. The molecule has 0 amide bonds. The van der Waals surface area contributed by atoms with Gasteiger partial charge in [0, 0.05) is 32.3 Å². The van der Waals surface area contributed by atoms with Crippen molar-refractivity contribution >= 4 is 0 Å². The summed E-state index contributed by atoms with van der Waals surface area (Å²) in [6.07, 6.45) is 10.1. The molecular weight excluding hydrogens is 260 g/mol. The first-order valence-electron chi connectivity index (χ1n) is 9.07. The predicted molar refractivity (Wildman–Crippen MR) is 89.7 cm³/mol. The van der Waals surface area contributed by atoms with Gasteiger partial charge < -0.3 is 9.64 Å². The Morgan fingerprint density at radius 1 is 0.952 bits per heavy atom. The summed E-state index contributed by atoms with van der Waals surface area (Å²) in [7, 11) is 4.12. The van der Waals surface area contributed by atoms with Crippen LogP contribution >= 0.6 is 0 Å². The van der Waals surface area contributed by atoms with Crippen LogP contribution in [0.15, 0.2) is 0 Å². The lowest BCUT2D eigenvalue weighted by Gasteiger charge is -2.43. The minimum absolute atomic E-state index is 0.549. The summed E-state index contributed by atoms with van der Waals surface area (Å²) in [6.45, 7) is 8.52. The van der Waals surface area contributed by atoms with E-state index in [9.17, 15) is 0 Å². The molecule has 3 heteroatoms. The Balaban J connectivity index is 1.59. The van der Waals surface area contributed by atoms with Gasteiger partial charge in [0.05, 0.1) is 6.10 Å². The van der Waals surface area contributed by atoms with Crippen LogP contribution in [-0.2, 0) is 4.74 Å². The highest BCUT2D eigenvalue weighted by atomic mass is 16.5. The molecule has 1 heterocycles. The number of likely N-dealkylation sites (N-methyl/N-ethyl adjacent to an activating group) is 1. The summed E-state index contributed by atoms with van der Waals surface area (Å²) in [5, 5.41) is 0. The van der Waals surface area contributed by atoms with Crippen LogP contribution in [0.5, 0.6) is 0 Å². The predicted octanol–water partition coefficient (Wildman–Crippen LogP) is 3.39. The van der Waals surface area contributed by atoms with E-state index in [4.69, 9.17) is 4.74 Å². The number of rotatable bonds is 6. The average Bonchev–Trinajstić information content (AvgIpc) is 2.46. The summed E-state index contributed by atoms with van der Waals surface area (Å²) in [5.41, 5.74) is 0. The molecule has 2 atom stereocenters. The summed E-state index contributed by atoms with van der Waals surface area (Å²) in [5.74, 6) is 0.971. The Bertz CT molecular complexity index is 277. The third-order valence-electron chi connectivity index (χ3n) is 5.69. The van der Waals surface area contributed by atoms with Crippen molar-refractivity contribution in [1.82, 2.24) is 9.80 Å². The molecule has 0 bridgehead atoms. The van der Waals surface area contributed by atoms with Gasteiger partial charge in [-0.2, -0.15) is 0 Å². The van der Waals surface area contributed by atoms with Gasteiger partial charge in [-0.15, -0.1) is 0 Å².